The minimum Gasteiger partial charge on any atom is -0.371 e. The van der Waals surface area contributed by atoms with Gasteiger partial charge in [-0.1, -0.05) is 6.92 Å². The summed E-state index contributed by atoms with van der Waals surface area (Å²) in [5.74, 6) is -0.786. The zero-order chi connectivity index (χ0) is 13.7. The molecular weight excluding hydrogens is 233 g/mol. The van der Waals surface area contributed by atoms with Crippen LogP contribution in [0.5, 0.6) is 0 Å². The van der Waals surface area contributed by atoms with E-state index < -0.39 is 5.82 Å². The minimum atomic E-state index is -0.458. The number of carbonyl (C=O) groups is 1. The van der Waals surface area contributed by atoms with Crippen molar-refractivity contribution < 1.29 is 9.18 Å². The summed E-state index contributed by atoms with van der Waals surface area (Å²) < 4.78 is 13.7. The summed E-state index contributed by atoms with van der Waals surface area (Å²) >= 11 is 0. The molecule has 0 aromatic heterocycles. The maximum Gasteiger partial charge on any atom is 0.224 e. The number of carbonyl (C=O) groups excluding carboxylic acids is 1. The van der Waals surface area contributed by atoms with Gasteiger partial charge < -0.3 is 10.2 Å². The maximum absolute atomic E-state index is 13.7. The molecule has 0 heterocycles. The van der Waals surface area contributed by atoms with Crippen molar-refractivity contribution >= 4 is 11.6 Å². The first-order valence-electron chi connectivity index (χ1n) is 5.62. The number of hydrogen-bond acceptors (Lipinski definition) is 3. The Bertz CT molecular complexity index is 482. The van der Waals surface area contributed by atoms with Crippen LogP contribution >= 0.6 is 0 Å². The van der Waals surface area contributed by atoms with E-state index in [-0.39, 0.29) is 17.4 Å². The molecule has 1 N–H and O–H groups in total. The number of rotatable bonds is 4. The molecule has 1 aromatic carbocycles. The normalized spacial score (nSPS) is 11.5. The number of nitriles is 1. The summed E-state index contributed by atoms with van der Waals surface area (Å²) in [5.41, 5.74) is 0.661. The van der Waals surface area contributed by atoms with Gasteiger partial charge in [-0.3, -0.25) is 4.79 Å². The van der Waals surface area contributed by atoms with E-state index in [1.165, 1.54) is 6.07 Å². The van der Waals surface area contributed by atoms with Gasteiger partial charge in [-0.25, -0.2) is 4.39 Å². The molecule has 0 spiro atoms. The first kappa shape index (κ1) is 14.0. The zero-order valence-corrected chi connectivity index (χ0v) is 10.7. The van der Waals surface area contributed by atoms with E-state index in [2.05, 4.69) is 5.32 Å². The molecule has 1 atom stereocenters. The van der Waals surface area contributed by atoms with E-state index in [0.717, 1.165) is 0 Å². The van der Waals surface area contributed by atoms with Crippen molar-refractivity contribution in [2.24, 2.45) is 5.92 Å². The van der Waals surface area contributed by atoms with Gasteiger partial charge in [-0.05, 0) is 18.2 Å². The Morgan fingerprint density at radius 2 is 2.28 bits per heavy atom. The number of nitrogens with one attached hydrogen (secondary N) is 1. The van der Waals surface area contributed by atoms with Crippen LogP contribution in [-0.4, -0.2) is 26.5 Å². The van der Waals surface area contributed by atoms with Crippen molar-refractivity contribution in [1.82, 2.24) is 5.32 Å². The van der Waals surface area contributed by atoms with Crippen LogP contribution in [0.1, 0.15) is 12.5 Å². The van der Waals surface area contributed by atoms with Crippen LogP contribution in [0, 0.1) is 23.1 Å². The van der Waals surface area contributed by atoms with Crippen LogP contribution in [0.3, 0.4) is 0 Å². The molecule has 96 valence electrons. The van der Waals surface area contributed by atoms with Crippen LogP contribution in [0.15, 0.2) is 18.2 Å². The minimum absolute atomic E-state index is 0.0871. The maximum atomic E-state index is 13.7. The Morgan fingerprint density at radius 3 is 2.78 bits per heavy atom. The van der Waals surface area contributed by atoms with Gasteiger partial charge >= 0.3 is 0 Å². The number of nitrogens with zero attached hydrogens (tertiary/aromatic N) is 2. The topological polar surface area (TPSA) is 56.1 Å². The third kappa shape index (κ3) is 3.20. The van der Waals surface area contributed by atoms with Gasteiger partial charge in [0.05, 0.1) is 23.2 Å². The summed E-state index contributed by atoms with van der Waals surface area (Å²) in [5, 5.41) is 11.2. The highest BCUT2D eigenvalue weighted by Crippen LogP contribution is 2.20. The van der Waals surface area contributed by atoms with E-state index in [1.54, 1.807) is 38.1 Å². The largest absolute Gasteiger partial charge is 0.371 e. The lowest BCUT2D eigenvalue weighted by molar-refractivity contribution is -0.123. The molecular formula is C13H16FN3O. The highest BCUT2D eigenvalue weighted by Gasteiger charge is 2.16. The van der Waals surface area contributed by atoms with Crippen molar-refractivity contribution in [2.75, 3.05) is 25.5 Å². The van der Waals surface area contributed by atoms with Crippen molar-refractivity contribution in [3.63, 3.8) is 0 Å². The van der Waals surface area contributed by atoms with Gasteiger partial charge in [0.25, 0.3) is 0 Å². The monoisotopic (exact) mass is 249 g/mol. The Labute approximate surface area is 106 Å². The van der Waals surface area contributed by atoms with E-state index in [0.29, 0.717) is 12.2 Å². The van der Waals surface area contributed by atoms with E-state index >= 15 is 0 Å². The van der Waals surface area contributed by atoms with Crippen molar-refractivity contribution in [3.8, 4) is 6.07 Å². The molecule has 0 aliphatic carbocycles. The van der Waals surface area contributed by atoms with Gasteiger partial charge in [0.1, 0.15) is 5.82 Å². The van der Waals surface area contributed by atoms with Crippen molar-refractivity contribution in [3.05, 3.63) is 29.6 Å². The molecule has 0 bridgehead atoms. The number of halogens is 1. The van der Waals surface area contributed by atoms with Crippen LogP contribution in [-0.2, 0) is 4.79 Å². The lowest BCUT2D eigenvalue weighted by Crippen LogP contribution is -2.34. The Hall–Kier alpha value is -2.09. The second-order valence-electron chi connectivity index (χ2n) is 4.17. The van der Waals surface area contributed by atoms with E-state index in [4.69, 9.17) is 5.26 Å². The van der Waals surface area contributed by atoms with Gasteiger partial charge in [0.2, 0.25) is 5.91 Å². The molecule has 18 heavy (non-hydrogen) atoms. The van der Waals surface area contributed by atoms with Crippen LogP contribution in [0.4, 0.5) is 10.1 Å². The lowest BCUT2D eigenvalue weighted by atomic mass is 10.1. The second-order valence-corrected chi connectivity index (χ2v) is 4.17. The number of hydrogen-bond donors (Lipinski definition) is 1. The average Bonchev–Trinajstić information content (AvgIpc) is 2.37. The molecule has 1 unspecified atom stereocenters. The molecule has 0 aliphatic heterocycles. The smallest absolute Gasteiger partial charge is 0.224 e. The fraction of sp³-hybridized carbons (Fsp3) is 0.385. The Kier molecular flexibility index (Phi) is 4.67. The highest BCUT2D eigenvalue weighted by molar-refractivity contribution is 5.78. The molecule has 5 heteroatoms. The van der Waals surface area contributed by atoms with Crippen LogP contribution in [0.2, 0.25) is 0 Å². The second kappa shape index (κ2) is 6.01. The third-order valence-corrected chi connectivity index (χ3v) is 2.73. The van der Waals surface area contributed by atoms with Gasteiger partial charge in [0.15, 0.2) is 0 Å². The number of amides is 1. The van der Waals surface area contributed by atoms with Gasteiger partial charge in [0, 0.05) is 20.6 Å². The predicted octanol–water partition coefficient (Wildman–Crippen LogP) is 1.52. The molecule has 1 amide bonds. The zero-order valence-electron chi connectivity index (χ0n) is 10.7. The molecule has 1 rings (SSSR count). The first-order chi connectivity index (χ1) is 8.49. The quantitative estimate of drug-likeness (QED) is 0.880. The van der Waals surface area contributed by atoms with Crippen molar-refractivity contribution in [1.29, 1.82) is 5.26 Å². The van der Waals surface area contributed by atoms with Gasteiger partial charge in [-0.2, -0.15) is 5.26 Å². The first-order valence-corrected chi connectivity index (χ1v) is 5.62. The Balaban J connectivity index is 2.82. The number of anilines is 1. The standard InChI is InChI=1S/C13H16FN3O/c1-9(13(18)16-2)8-17(3)12-5-4-10(7-15)6-11(12)14/h4-6,9H,8H2,1-3H3,(H,16,18). The molecule has 0 saturated heterocycles. The van der Waals surface area contributed by atoms with Crippen LogP contribution in [0.25, 0.3) is 0 Å². The summed E-state index contributed by atoms with van der Waals surface area (Å²) in [7, 11) is 3.28. The molecule has 4 nitrogen and oxygen atoms in total. The third-order valence-electron chi connectivity index (χ3n) is 2.73. The molecule has 0 aliphatic rings. The molecule has 0 saturated carbocycles. The SMILES string of the molecule is CNC(=O)C(C)CN(C)c1ccc(C#N)cc1F. The van der Waals surface area contributed by atoms with E-state index in [1.807, 2.05) is 6.07 Å². The summed E-state index contributed by atoms with van der Waals surface area (Å²) in [6, 6.07) is 6.17. The predicted molar refractivity (Wildman–Crippen MR) is 67.6 cm³/mol. The summed E-state index contributed by atoms with van der Waals surface area (Å²) in [6.07, 6.45) is 0. The molecule has 1 aromatic rings. The van der Waals surface area contributed by atoms with E-state index in [9.17, 15) is 9.18 Å². The molecule has 0 radical (unpaired) electrons. The summed E-state index contributed by atoms with van der Waals surface area (Å²) in [6.45, 7) is 2.18. The lowest BCUT2D eigenvalue weighted by Gasteiger charge is -2.23. The fourth-order valence-corrected chi connectivity index (χ4v) is 1.72. The van der Waals surface area contributed by atoms with Gasteiger partial charge in [-0.15, -0.1) is 0 Å². The number of benzene rings is 1. The van der Waals surface area contributed by atoms with Crippen LogP contribution < -0.4 is 10.2 Å². The van der Waals surface area contributed by atoms with Crippen molar-refractivity contribution in [2.45, 2.75) is 6.92 Å². The summed E-state index contributed by atoms with van der Waals surface area (Å²) in [4.78, 5) is 13.1. The molecule has 0 fully saturated rings. The highest BCUT2D eigenvalue weighted by atomic mass is 19.1. The Morgan fingerprint density at radius 1 is 1.61 bits per heavy atom. The average molecular weight is 249 g/mol. The fourth-order valence-electron chi connectivity index (χ4n) is 1.72.